The van der Waals surface area contributed by atoms with Gasteiger partial charge in [0.2, 0.25) is 0 Å². The van der Waals surface area contributed by atoms with Crippen molar-refractivity contribution in [2.45, 2.75) is 64.6 Å². The van der Waals surface area contributed by atoms with Crippen molar-refractivity contribution in [3.8, 4) is 0 Å². The summed E-state index contributed by atoms with van der Waals surface area (Å²) >= 11 is 0. The minimum atomic E-state index is -0.0144. The third-order valence-electron chi connectivity index (χ3n) is 8.03. The summed E-state index contributed by atoms with van der Waals surface area (Å²) in [5.41, 5.74) is 4.47. The molecule has 4 unspecified atom stereocenters. The molecule has 1 aromatic rings. The van der Waals surface area contributed by atoms with Gasteiger partial charge in [-0.3, -0.25) is 4.79 Å². The molecule has 6 heteroatoms. The lowest BCUT2D eigenvalue weighted by Gasteiger charge is -2.34. The summed E-state index contributed by atoms with van der Waals surface area (Å²) in [5.74, 6) is 1.86. The van der Waals surface area contributed by atoms with Crippen molar-refractivity contribution in [2.75, 3.05) is 37.8 Å². The number of nitrogens with zero attached hydrogens (tertiary/aromatic N) is 3. The first-order valence-electron chi connectivity index (χ1n) is 11.2. The number of anilines is 1. The average molecular weight is 398 g/mol. The zero-order valence-electron chi connectivity index (χ0n) is 17.7. The summed E-state index contributed by atoms with van der Waals surface area (Å²) in [7, 11) is 0. The summed E-state index contributed by atoms with van der Waals surface area (Å²) in [5, 5.41) is 0. The molecule has 2 aliphatic carbocycles. The van der Waals surface area contributed by atoms with Crippen LogP contribution in [0.2, 0.25) is 0 Å². The first-order chi connectivity index (χ1) is 14.0. The van der Waals surface area contributed by atoms with E-state index in [1.807, 2.05) is 4.90 Å². The van der Waals surface area contributed by atoms with Crippen molar-refractivity contribution < 1.29 is 14.3 Å². The van der Waals surface area contributed by atoms with E-state index in [9.17, 15) is 4.79 Å². The van der Waals surface area contributed by atoms with Crippen LogP contribution >= 0.6 is 0 Å². The fourth-order valence-corrected chi connectivity index (χ4v) is 5.55. The van der Waals surface area contributed by atoms with E-state index in [2.05, 4.69) is 25.7 Å². The van der Waals surface area contributed by atoms with Crippen LogP contribution in [0.15, 0.2) is 0 Å². The third-order valence-corrected chi connectivity index (χ3v) is 8.03. The minimum Gasteiger partial charge on any atom is -0.377 e. The van der Waals surface area contributed by atoms with Crippen LogP contribution in [0.3, 0.4) is 0 Å². The van der Waals surface area contributed by atoms with Crippen molar-refractivity contribution in [1.82, 2.24) is 9.88 Å². The molecular weight excluding hydrogens is 366 g/mol. The number of piperidine rings is 1. The van der Waals surface area contributed by atoms with Crippen LogP contribution in [0.25, 0.3) is 0 Å². The molecule has 0 aromatic carbocycles. The number of aromatic nitrogens is 1. The van der Waals surface area contributed by atoms with Gasteiger partial charge < -0.3 is 19.3 Å². The van der Waals surface area contributed by atoms with Crippen LogP contribution < -0.4 is 4.90 Å². The molecule has 0 N–H and O–H groups in total. The molecule has 0 spiro atoms. The van der Waals surface area contributed by atoms with Crippen LogP contribution in [0, 0.1) is 25.2 Å². The number of hydrogen-bond acceptors (Lipinski definition) is 5. The Morgan fingerprint density at radius 2 is 2.03 bits per heavy atom. The van der Waals surface area contributed by atoms with Crippen LogP contribution in [0.5, 0.6) is 0 Å². The highest BCUT2D eigenvalue weighted by Crippen LogP contribution is 2.50. The van der Waals surface area contributed by atoms with Gasteiger partial charge in [-0.1, -0.05) is 6.92 Å². The second kappa shape index (κ2) is 6.17. The first-order valence-corrected chi connectivity index (χ1v) is 11.2. The zero-order valence-corrected chi connectivity index (χ0v) is 17.7. The van der Waals surface area contributed by atoms with Crippen molar-refractivity contribution in [3.05, 3.63) is 22.4 Å². The summed E-state index contributed by atoms with van der Waals surface area (Å²) < 4.78 is 12.0. The maximum Gasteiger partial charge on any atom is 0.256 e. The van der Waals surface area contributed by atoms with E-state index in [0.29, 0.717) is 43.2 Å². The van der Waals surface area contributed by atoms with Gasteiger partial charge in [-0.25, -0.2) is 4.98 Å². The van der Waals surface area contributed by atoms with Crippen LogP contribution in [-0.4, -0.2) is 60.8 Å². The Hall–Kier alpha value is -1.66. The first kappa shape index (κ1) is 18.1. The largest absolute Gasteiger partial charge is 0.377 e. The van der Waals surface area contributed by atoms with Crippen molar-refractivity contribution in [3.63, 3.8) is 0 Å². The van der Waals surface area contributed by atoms with Crippen molar-refractivity contribution in [2.24, 2.45) is 11.3 Å². The summed E-state index contributed by atoms with van der Waals surface area (Å²) in [6.07, 6.45) is 5.33. The molecule has 1 amide bonds. The van der Waals surface area contributed by atoms with Gasteiger partial charge in [0, 0.05) is 25.0 Å². The van der Waals surface area contributed by atoms with E-state index in [0.717, 1.165) is 47.8 Å². The Kier molecular flexibility index (Phi) is 3.86. The normalized spacial score (nSPS) is 34.0. The predicted molar refractivity (Wildman–Crippen MR) is 109 cm³/mol. The highest BCUT2D eigenvalue weighted by atomic mass is 16.5. The molecule has 2 saturated heterocycles. The molecule has 4 atom stereocenters. The van der Waals surface area contributed by atoms with E-state index in [-0.39, 0.29) is 11.9 Å². The summed E-state index contributed by atoms with van der Waals surface area (Å²) in [6.45, 7) is 10.3. The Bertz CT molecular complexity index is 881. The quantitative estimate of drug-likeness (QED) is 0.782. The lowest BCUT2D eigenvalue weighted by atomic mass is 10.00. The molecule has 2 saturated carbocycles. The topological polar surface area (TPSA) is 54.9 Å². The monoisotopic (exact) mass is 397 g/mol. The average Bonchev–Trinajstić information content (AvgIpc) is 3.64. The zero-order chi connectivity index (χ0) is 19.9. The van der Waals surface area contributed by atoms with E-state index < -0.39 is 0 Å². The Balaban J connectivity index is 1.26. The number of morpholine rings is 1. The van der Waals surface area contributed by atoms with Gasteiger partial charge in [0.1, 0.15) is 5.82 Å². The lowest BCUT2D eigenvalue weighted by molar-refractivity contribution is 0.00268. The highest BCUT2D eigenvalue weighted by Gasteiger charge is 2.52. The van der Waals surface area contributed by atoms with Gasteiger partial charge in [0.25, 0.3) is 5.91 Å². The number of carbonyl (C=O) groups excluding carboxylic acids is 1. The second-order valence-electron chi connectivity index (χ2n) is 10.1. The van der Waals surface area contributed by atoms with Crippen molar-refractivity contribution >= 4 is 11.7 Å². The molecule has 4 heterocycles. The van der Waals surface area contributed by atoms with Gasteiger partial charge in [0.15, 0.2) is 0 Å². The van der Waals surface area contributed by atoms with Gasteiger partial charge in [-0.05, 0) is 56.1 Å². The maximum absolute atomic E-state index is 13.0. The number of ether oxygens (including phenoxy) is 2. The minimum absolute atomic E-state index is 0.0144. The number of fused-ring (bicyclic) bond motifs is 4. The molecule has 4 fully saturated rings. The molecule has 0 radical (unpaired) electrons. The van der Waals surface area contributed by atoms with Crippen LogP contribution in [0.1, 0.15) is 65.8 Å². The van der Waals surface area contributed by atoms with Gasteiger partial charge in [-0.2, -0.15) is 0 Å². The molecule has 3 aliphatic heterocycles. The van der Waals surface area contributed by atoms with Crippen molar-refractivity contribution in [1.29, 1.82) is 0 Å². The Morgan fingerprint density at radius 3 is 2.83 bits per heavy atom. The summed E-state index contributed by atoms with van der Waals surface area (Å²) in [6, 6.07) is 0.527. The molecule has 5 aliphatic rings. The van der Waals surface area contributed by atoms with E-state index in [4.69, 9.17) is 14.5 Å². The fraction of sp³-hybridized carbons (Fsp3) is 0.739. The molecule has 29 heavy (non-hydrogen) atoms. The number of hydrogen-bond donors (Lipinski definition) is 0. The van der Waals surface area contributed by atoms with Crippen LogP contribution in [-0.2, 0) is 9.47 Å². The summed E-state index contributed by atoms with van der Waals surface area (Å²) in [4.78, 5) is 22.5. The van der Waals surface area contributed by atoms with E-state index >= 15 is 0 Å². The molecule has 6 nitrogen and oxygen atoms in total. The number of carbonyl (C=O) groups is 1. The molecule has 6 rings (SSSR count). The van der Waals surface area contributed by atoms with Gasteiger partial charge in [0.05, 0.1) is 43.2 Å². The molecule has 156 valence electrons. The number of rotatable bonds is 4. The molecular formula is C23H31N3O3. The van der Waals surface area contributed by atoms with Gasteiger partial charge >= 0.3 is 0 Å². The Morgan fingerprint density at radius 1 is 1.21 bits per heavy atom. The number of amides is 1. The lowest BCUT2D eigenvalue weighted by Crippen LogP contribution is -2.40. The fourth-order valence-electron chi connectivity index (χ4n) is 5.55. The SMILES string of the molecule is Cc1c(N2CCC(OCC3(C)CC3)C3CC32)nc2c(c1C)C(=O)N1CCOCC21. The molecule has 0 bridgehead atoms. The third kappa shape index (κ3) is 2.75. The van der Waals surface area contributed by atoms with E-state index in [1.54, 1.807) is 0 Å². The molecule has 1 aromatic heterocycles. The predicted octanol–water partition coefficient (Wildman–Crippen LogP) is 3.01. The van der Waals surface area contributed by atoms with Crippen LogP contribution in [0.4, 0.5) is 5.82 Å². The number of pyridine rings is 1. The standard InChI is InChI=1S/C23H31N3O3/c1-13-14(2)21(24-20-17-11-28-9-8-26(17)22(27)19(13)20)25-7-4-18(15-10-16(15)25)29-12-23(3)5-6-23/h15-18H,4-12H2,1-3H3. The second-order valence-corrected chi connectivity index (χ2v) is 10.1. The smallest absolute Gasteiger partial charge is 0.256 e. The van der Waals surface area contributed by atoms with E-state index in [1.165, 1.54) is 19.3 Å². The highest BCUT2D eigenvalue weighted by molar-refractivity contribution is 6.01. The van der Waals surface area contributed by atoms with Gasteiger partial charge in [-0.15, -0.1) is 0 Å². The maximum atomic E-state index is 13.0. The Labute approximate surface area is 172 Å².